The quantitative estimate of drug-likeness (QED) is 0.606. The van der Waals surface area contributed by atoms with Crippen molar-refractivity contribution in [1.82, 2.24) is 0 Å². The Hall–Kier alpha value is -1.39. The molecule has 27 heavy (non-hydrogen) atoms. The summed E-state index contributed by atoms with van der Waals surface area (Å²) in [5, 5.41) is 1.95. The molecule has 148 valence electrons. The van der Waals surface area contributed by atoms with Crippen molar-refractivity contribution in [3.8, 4) is 11.5 Å². The Balaban J connectivity index is 2.68. The summed E-state index contributed by atoms with van der Waals surface area (Å²) >= 11 is 0. The van der Waals surface area contributed by atoms with Gasteiger partial charge in [0.15, 0.2) is 0 Å². The average molecular weight is 421 g/mol. The molecule has 4 nitrogen and oxygen atoms in total. The van der Waals surface area contributed by atoms with Crippen molar-refractivity contribution in [3.05, 3.63) is 48.5 Å². The third kappa shape index (κ3) is 5.32. The average Bonchev–Trinajstić information content (AvgIpc) is 2.56. The molecule has 0 radical (unpaired) electrons. The topological polar surface area (TPSA) is 36.9 Å². The number of benzene rings is 2. The fourth-order valence-electron chi connectivity index (χ4n) is 2.98. The summed E-state index contributed by atoms with van der Waals surface area (Å²) in [5.41, 5.74) is 0. The maximum absolute atomic E-state index is 6.39. The predicted molar refractivity (Wildman–Crippen MR) is 120 cm³/mol. The van der Waals surface area contributed by atoms with Crippen LogP contribution in [0.15, 0.2) is 48.5 Å². The first-order chi connectivity index (χ1) is 12.5. The van der Waals surface area contributed by atoms with Crippen molar-refractivity contribution in [3.63, 3.8) is 0 Å². The summed E-state index contributed by atoms with van der Waals surface area (Å²) < 4.78 is 25.1. The monoisotopic (exact) mass is 420 g/mol. The Bertz CT molecular complexity index is 701. The van der Waals surface area contributed by atoms with E-state index in [0.29, 0.717) is 0 Å². The molecule has 2 aromatic rings. The van der Waals surface area contributed by atoms with E-state index in [1.807, 2.05) is 36.4 Å². The van der Waals surface area contributed by atoms with Crippen LogP contribution in [0.25, 0.3) is 0 Å². The number of hydrogen-bond acceptors (Lipinski definition) is 4. The summed E-state index contributed by atoms with van der Waals surface area (Å²) in [6.45, 7) is 13.1. The lowest BCUT2D eigenvalue weighted by molar-refractivity contribution is 0.271. The van der Waals surface area contributed by atoms with Crippen LogP contribution < -0.4 is 19.2 Å². The maximum Gasteiger partial charge on any atom is 0.414 e. The van der Waals surface area contributed by atoms with Crippen LogP contribution in [0.4, 0.5) is 0 Å². The second-order valence-corrected chi connectivity index (χ2v) is 20.4. The molecule has 0 N–H and O–H groups in total. The van der Waals surface area contributed by atoms with Crippen LogP contribution in [-0.2, 0) is 8.85 Å². The van der Waals surface area contributed by atoms with Gasteiger partial charge in [-0.05, 0) is 51.4 Å². The molecule has 0 atom stereocenters. The fourth-order valence-corrected chi connectivity index (χ4v) is 7.75. The predicted octanol–water partition coefficient (Wildman–Crippen LogP) is 3.96. The van der Waals surface area contributed by atoms with Crippen LogP contribution >= 0.6 is 0 Å². The van der Waals surface area contributed by atoms with Crippen LogP contribution in [0.3, 0.4) is 0 Å². The summed E-state index contributed by atoms with van der Waals surface area (Å²) in [4.78, 5) is 0. The molecule has 2 rings (SSSR count). The molecule has 0 heterocycles. The van der Waals surface area contributed by atoms with Crippen molar-refractivity contribution in [2.75, 3.05) is 14.2 Å². The Morgan fingerprint density at radius 1 is 0.556 bits per heavy atom. The molecule has 0 fully saturated rings. The minimum Gasteiger partial charge on any atom is -0.544 e. The van der Waals surface area contributed by atoms with Crippen LogP contribution in [-0.4, -0.2) is 39.4 Å². The van der Waals surface area contributed by atoms with Gasteiger partial charge in [0.2, 0.25) is 16.6 Å². The van der Waals surface area contributed by atoms with Gasteiger partial charge in [-0.2, -0.15) is 0 Å². The van der Waals surface area contributed by atoms with Gasteiger partial charge in [0.25, 0.3) is 0 Å². The van der Waals surface area contributed by atoms with Crippen molar-refractivity contribution in [2.24, 2.45) is 0 Å². The highest BCUT2D eigenvalue weighted by Crippen LogP contribution is 2.23. The molecule has 0 amide bonds. The highest BCUT2D eigenvalue weighted by Gasteiger charge is 2.46. The van der Waals surface area contributed by atoms with Gasteiger partial charge in [-0.3, -0.25) is 0 Å². The molecule has 0 aliphatic carbocycles. The largest absolute Gasteiger partial charge is 0.544 e. The van der Waals surface area contributed by atoms with E-state index in [9.17, 15) is 0 Å². The van der Waals surface area contributed by atoms with E-state index in [4.69, 9.17) is 17.7 Å². The Kier molecular flexibility index (Phi) is 6.75. The number of rotatable bonds is 8. The zero-order valence-electron chi connectivity index (χ0n) is 17.8. The lowest BCUT2D eigenvalue weighted by Gasteiger charge is -2.33. The molecule has 0 saturated heterocycles. The molecule has 0 aliphatic heterocycles. The number of para-hydroxylation sites is 2. The standard InChI is InChI=1S/C20H32O4Si3/c1-21-27(22-2,19-15-11-9-13-17(19)23-25(3,4)5)20-16-12-10-14-18(20)24-26(6,7)8/h9-16H,1-8H3. The van der Waals surface area contributed by atoms with Gasteiger partial charge in [0, 0.05) is 24.6 Å². The molecule has 0 aliphatic rings. The summed E-state index contributed by atoms with van der Waals surface area (Å²) in [6.07, 6.45) is 0. The minimum atomic E-state index is -2.99. The van der Waals surface area contributed by atoms with Crippen molar-refractivity contribution < 1.29 is 17.7 Å². The molecule has 7 heteroatoms. The van der Waals surface area contributed by atoms with Gasteiger partial charge in [0.05, 0.1) is 0 Å². The van der Waals surface area contributed by atoms with Crippen molar-refractivity contribution in [2.45, 2.75) is 39.3 Å². The van der Waals surface area contributed by atoms with Crippen LogP contribution in [0.1, 0.15) is 0 Å². The van der Waals surface area contributed by atoms with Gasteiger partial charge >= 0.3 is 8.56 Å². The van der Waals surface area contributed by atoms with Crippen molar-refractivity contribution in [1.29, 1.82) is 0 Å². The fraction of sp³-hybridized carbons (Fsp3) is 0.400. The lowest BCUT2D eigenvalue weighted by atomic mass is 10.3. The first kappa shape index (κ1) is 21.9. The summed E-state index contributed by atoms with van der Waals surface area (Å²) in [5.74, 6) is 1.68. The third-order valence-corrected chi connectivity index (χ3v) is 8.95. The summed E-state index contributed by atoms with van der Waals surface area (Å²) in [7, 11) is -3.16. The van der Waals surface area contributed by atoms with E-state index in [1.165, 1.54) is 0 Å². The minimum absolute atomic E-state index is 0.842. The highest BCUT2D eigenvalue weighted by atomic mass is 28.4. The molecule has 0 bridgehead atoms. The second kappa shape index (κ2) is 8.32. The van der Waals surface area contributed by atoms with E-state index in [-0.39, 0.29) is 0 Å². The third-order valence-electron chi connectivity index (χ3n) is 3.89. The maximum atomic E-state index is 6.39. The molecule has 0 saturated carbocycles. The zero-order chi connectivity index (χ0) is 20.3. The van der Waals surface area contributed by atoms with Gasteiger partial charge < -0.3 is 17.7 Å². The second-order valence-electron chi connectivity index (χ2n) is 8.45. The molecule has 0 spiro atoms. The molecular weight excluding hydrogens is 388 g/mol. The Labute approximate surface area is 166 Å². The van der Waals surface area contributed by atoms with Crippen LogP contribution in [0, 0.1) is 0 Å². The van der Waals surface area contributed by atoms with Gasteiger partial charge in [-0.15, -0.1) is 0 Å². The first-order valence-electron chi connectivity index (χ1n) is 9.20. The molecule has 0 aromatic heterocycles. The SMILES string of the molecule is CO[Si](OC)(c1ccccc1O[Si](C)(C)C)c1ccccc1O[Si](C)(C)C. The zero-order valence-corrected chi connectivity index (χ0v) is 20.8. The van der Waals surface area contributed by atoms with Gasteiger partial charge in [-0.1, -0.05) is 36.4 Å². The summed E-state index contributed by atoms with van der Waals surface area (Å²) in [6, 6.07) is 16.1. The van der Waals surface area contributed by atoms with Crippen molar-refractivity contribution >= 4 is 35.6 Å². The van der Waals surface area contributed by atoms with E-state index in [0.717, 1.165) is 21.9 Å². The van der Waals surface area contributed by atoms with Crippen LogP contribution in [0.2, 0.25) is 39.3 Å². The van der Waals surface area contributed by atoms with Crippen LogP contribution in [0.5, 0.6) is 11.5 Å². The smallest absolute Gasteiger partial charge is 0.414 e. The Morgan fingerprint density at radius 3 is 1.19 bits per heavy atom. The Morgan fingerprint density at radius 2 is 0.889 bits per heavy atom. The van der Waals surface area contributed by atoms with E-state index >= 15 is 0 Å². The lowest BCUT2D eigenvalue weighted by Crippen LogP contribution is -2.63. The molecule has 2 aromatic carbocycles. The number of hydrogen-bond donors (Lipinski definition) is 0. The highest BCUT2D eigenvalue weighted by molar-refractivity contribution is 6.94. The van der Waals surface area contributed by atoms with Gasteiger partial charge in [0.1, 0.15) is 11.5 Å². The molecular formula is C20H32O4Si3. The van der Waals surface area contributed by atoms with Gasteiger partial charge in [-0.25, -0.2) is 0 Å². The van der Waals surface area contributed by atoms with E-state index in [1.54, 1.807) is 14.2 Å². The first-order valence-corrected chi connectivity index (χ1v) is 17.8. The normalized spacial score (nSPS) is 12.7. The van der Waals surface area contributed by atoms with E-state index < -0.39 is 25.2 Å². The molecule has 0 unspecified atom stereocenters. The van der Waals surface area contributed by atoms with E-state index in [2.05, 4.69) is 51.4 Å².